The van der Waals surface area contributed by atoms with E-state index >= 15 is 0 Å². The fourth-order valence-electron chi connectivity index (χ4n) is 5.54. The Kier molecular flexibility index (Phi) is 5.94. The highest BCUT2D eigenvalue weighted by molar-refractivity contribution is 6.08. The van der Waals surface area contributed by atoms with E-state index in [4.69, 9.17) is 4.74 Å². The first-order valence-electron chi connectivity index (χ1n) is 12.0. The quantitative estimate of drug-likeness (QED) is 0.515. The number of fused-ring (bicyclic) bond motifs is 3. The van der Waals surface area contributed by atoms with Crippen LogP contribution in [0.15, 0.2) is 48.5 Å². The van der Waals surface area contributed by atoms with Crippen molar-refractivity contribution in [2.24, 2.45) is 11.8 Å². The second kappa shape index (κ2) is 9.05. The van der Waals surface area contributed by atoms with Gasteiger partial charge in [-0.3, -0.25) is 24.2 Å². The SMILES string of the molecule is C[C@H](C(=O)OCC(=O)N1c2ccccc2CCc2ccccc21)N1C(=O)[C@H]2CCCC[C@H]2C1=O. The van der Waals surface area contributed by atoms with Gasteiger partial charge in [0.05, 0.1) is 23.2 Å². The van der Waals surface area contributed by atoms with Crippen LogP contribution in [0, 0.1) is 11.8 Å². The molecule has 1 saturated carbocycles. The number of likely N-dealkylation sites (tertiary alicyclic amines) is 1. The van der Waals surface area contributed by atoms with Crippen LogP contribution in [-0.2, 0) is 36.8 Å². The zero-order valence-electron chi connectivity index (χ0n) is 19.2. The van der Waals surface area contributed by atoms with Crippen LogP contribution in [0.25, 0.3) is 0 Å². The largest absolute Gasteiger partial charge is 0.454 e. The number of rotatable bonds is 4. The van der Waals surface area contributed by atoms with Crippen molar-refractivity contribution in [3.63, 3.8) is 0 Å². The lowest BCUT2D eigenvalue weighted by Crippen LogP contribution is -2.45. The molecule has 3 atom stereocenters. The highest BCUT2D eigenvalue weighted by Gasteiger charge is 2.51. The van der Waals surface area contributed by atoms with Gasteiger partial charge in [0.1, 0.15) is 6.04 Å². The molecule has 0 unspecified atom stereocenters. The Morgan fingerprint density at radius 1 is 0.882 bits per heavy atom. The molecule has 1 aliphatic carbocycles. The van der Waals surface area contributed by atoms with Crippen LogP contribution in [0.3, 0.4) is 0 Å². The summed E-state index contributed by atoms with van der Waals surface area (Å²) in [4.78, 5) is 54.5. The molecule has 2 aromatic carbocycles. The average Bonchev–Trinajstić information content (AvgIpc) is 3.01. The fraction of sp³-hybridized carbons (Fsp3) is 0.407. The van der Waals surface area contributed by atoms with Gasteiger partial charge in [0.2, 0.25) is 11.8 Å². The van der Waals surface area contributed by atoms with Crippen molar-refractivity contribution in [3.8, 4) is 0 Å². The van der Waals surface area contributed by atoms with Crippen molar-refractivity contribution in [1.82, 2.24) is 4.90 Å². The summed E-state index contributed by atoms with van der Waals surface area (Å²) in [5.74, 6) is -2.37. The first-order valence-corrected chi connectivity index (χ1v) is 12.0. The smallest absolute Gasteiger partial charge is 0.329 e. The second-order valence-electron chi connectivity index (χ2n) is 9.31. The Balaban J connectivity index is 1.32. The Hall–Kier alpha value is -3.48. The zero-order chi connectivity index (χ0) is 23.8. The van der Waals surface area contributed by atoms with Crippen molar-refractivity contribution in [1.29, 1.82) is 0 Å². The highest BCUT2D eigenvalue weighted by atomic mass is 16.5. The van der Waals surface area contributed by atoms with Crippen LogP contribution in [0.2, 0.25) is 0 Å². The lowest BCUT2D eigenvalue weighted by molar-refractivity contribution is -0.159. The molecule has 176 valence electrons. The maximum absolute atomic E-state index is 13.4. The summed E-state index contributed by atoms with van der Waals surface area (Å²) in [7, 11) is 0. The van der Waals surface area contributed by atoms with Gasteiger partial charge in [-0.1, -0.05) is 49.2 Å². The van der Waals surface area contributed by atoms with Gasteiger partial charge in [0.15, 0.2) is 6.61 Å². The van der Waals surface area contributed by atoms with E-state index in [1.165, 1.54) is 6.92 Å². The molecule has 0 bridgehead atoms. The summed E-state index contributed by atoms with van der Waals surface area (Å²) in [6.45, 7) is 1.02. The maximum atomic E-state index is 13.4. The van der Waals surface area contributed by atoms with Crippen molar-refractivity contribution in [3.05, 3.63) is 59.7 Å². The summed E-state index contributed by atoms with van der Waals surface area (Å²) < 4.78 is 5.38. The highest BCUT2D eigenvalue weighted by Crippen LogP contribution is 2.39. The number of nitrogens with zero attached hydrogens (tertiary/aromatic N) is 2. The molecule has 0 spiro atoms. The van der Waals surface area contributed by atoms with Crippen LogP contribution in [-0.4, -0.2) is 41.2 Å². The van der Waals surface area contributed by atoms with E-state index < -0.39 is 18.6 Å². The number of esters is 1. The Morgan fingerprint density at radius 2 is 1.38 bits per heavy atom. The number of hydrogen-bond donors (Lipinski definition) is 0. The van der Waals surface area contributed by atoms with Crippen LogP contribution < -0.4 is 4.90 Å². The predicted molar refractivity (Wildman–Crippen MR) is 125 cm³/mol. The average molecular weight is 461 g/mol. The third kappa shape index (κ3) is 3.79. The van der Waals surface area contributed by atoms with Gasteiger partial charge >= 0.3 is 5.97 Å². The third-order valence-electron chi connectivity index (χ3n) is 7.32. The van der Waals surface area contributed by atoms with Gasteiger partial charge in [0, 0.05) is 0 Å². The molecule has 2 aromatic rings. The number of carbonyl (C=O) groups is 4. The number of amides is 3. The number of ether oxygens (including phenoxy) is 1. The number of imide groups is 1. The minimum Gasteiger partial charge on any atom is -0.454 e. The van der Waals surface area contributed by atoms with Gasteiger partial charge in [-0.15, -0.1) is 0 Å². The molecule has 2 heterocycles. The molecule has 34 heavy (non-hydrogen) atoms. The maximum Gasteiger partial charge on any atom is 0.329 e. The number of benzene rings is 2. The number of carbonyl (C=O) groups excluding carboxylic acids is 4. The minimum atomic E-state index is -1.05. The molecule has 3 aliphatic rings. The molecule has 0 aromatic heterocycles. The molecule has 3 amide bonds. The summed E-state index contributed by atoms with van der Waals surface area (Å²) in [6, 6.07) is 14.4. The van der Waals surface area contributed by atoms with Crippen LogP contribution >= 0.6 is 0 Å². The molecule has 0 radical (unpaired) electrons. The topological polar surface area (TPSA) is 84.0 Å². The number of hydrogen-bond acceptors (Lipinski definition) is 5. The molecule has 7 heteroatoms. The predicted octanol–water partition coefficient (Wildman–Crippen LogP) is 3.56. The Bertz CT molecular complexity index is 1090. The van der Waals surface area contributed by atoms with Crippen molar-refractivity contribution in [2.45, 2.75) is 51.5 Å². The number of aryl methyl sites for hydroxylation is 2. The minimum absolute atomic E-state index is 0.291. The molecule has 1 saturated heterocycles. The summed E-state index contributed by atoms with van der Waals surface area (Å²) >= 11 is 0. The lowest BCUT2D eigenvalue weighted by atomic mass is 9.81. The van der Waals surface area contributed by atoms with Crippen molar-refractivity contribution < 1.29 is 23.9 Å². The summed E-state index contributed by atoms with van der Waals surface area (Å²) in [5.41, 5.74) is 3.64. The monoisotopic (exact) mass is 460 g/mol. The van der Waals surface area contributed by atoms with Gasteiger partial charge < -0.3 is 4.74 Å². The van der Waals surface area contributed by atoms with E-state index in [1.807, 2.05) is 48.5 Å². The first kappa shape index (κ1) is 22.3. The summed E-state index contributed by atoms with van der Waals surface area (Å²) in [5, 5.41) is 0. The standard InChI is InChI=1S/C27H28N2O5/c1-17(28-25(31)20-10-4-5-11-21(20)26(28)32)27(33)34-16-24(30)29-22-12-6-2-8-18(22)14-15-19-9-3-7-13-23(19)29/h2-3,6-9,12-13,17,20-21H,4-5,10-11,14-16H2,1H3/t17-,20-,21+/m1/s1. The van der Waals surface area contributed by atoms with E-state index in [1.54, 1.807) is 4.90 Å². The van der Waals surface area contributed by atoms with E-state index in [0.29, 0.717) is 12.8 Å². The van der Waals surface area contributed by atoms with Gasteiger partial charge in [-0.05, 0) is 55.9 Å². The molecule has 5 rings (SSSR count). The van der Waals surface area contributed by atoms with Crippen molar-refractivity contribution >= 4 is 35.1 Å². The second-order valence-corrected chi connectivity index (χ2v) is 9.31. The molecule has 2 aliphatic heterocycles. The van der Waals surface area contributed by atoms with Crippen LogP contribution in [0.1, 0.15) is 43.7 Å². The Morgan fingerprint density at radius 3 is 1.91 bits per heavy atom. The first-order chi connectivity index (χ1) is 16.5. The van der Waals surface area contributed by atoms with Gasteiger partial charge in [0.25, 0.3) is 5.91 Å². The third-order valence-corrected chi connectivity index (χ3v) is 7.32. The molecule has 7 nitrogen and oxygen atoms in total. The molecular weight excluding hydrogens is 432 g/mol. The van der Waals surface area contributed by atoms with E-state index in [9.17, 15) is 19.2 Å². The fourth-order valence-corrected chi connectivity index (χ4v) is 5.54. The molecular formula is C27H28N2O5. The number of anilines is 2. The van der Waals surface area contributed by atoms with Crippen LogP contribution in [0.4, 0.5) is 11.4 Å². The van der Waals surface area contributed by atoms with Crippen LogP contribution in [0.5, 0.6) is 0 Å². The summed E-state index contributed by atoms with van der Waals surface area (Å²) in [6.07, 6.45) is 4.80. The molecule has 2 fully saturated rings. The van der Waals surface area contributed by atoms with Gasteiger partial charge in [-0.25, -0.2) is 4.79 Å². The van der Waals surface area contributed by atoms with E-state index in [0.717, 1.165) is 53.1 Å². The van der Waals surface area contributed by atoms with Crippen molar-refractivity contribution in [2.75, 3.05) is 11.5 Å². The van der Waals surface area contributed by atoms with E-state index in [2.05, 4.69) is 0 Å². The zero-order valence-corrected chi connectivity index (χ0v) is 19.2. The van der Waals surface area contributed by atoms with Gasteiger partial charge in [-0.2, -0.15) is 0 Å². The normalized spacial score (nSPS) is 22.4. The Labute approximate surface area is 198 Å². The lowest BCUT2D eigenvalue weighted by Gasteiger charge is -2.26. The molecule has 0 N–H and O–H groups in total. The van der Waals surface area contributed by atoms with E-state index in [-0.39, 0.29) is 29.6 Å². The number of para-hydroxylation sites is 2.